The Morgan fingerprint density at radius 3 is 2.05 bits per heavy atom. The van der Waals surface area contributed by atoms with Gasteiger partial charge in [0, 0.05) is 12.6 Å². The highest BCUT2D eigenvalue weighted by molar-refractivity contribution is 5.88. The van der Waals surface area contributed by atoms with Crippen LogP contribution in [0.25, 0.3) is 0 Å². The van der Waals surface area contributed by atoms with Crippen LogP contribution in [0, 0.1) is 11.3 Å². The lowest BCUT2D eigenvalue weighted by Gasteiger charge is -2.37. The first-order valence-corrected chi connectivity index (χ1v) is 7.68. The molecule has 0 unspecified atom stereocenters. The van der Waals surface area contributed by atoms with E-state index in [4.69, 9.17) is 4.74 Å². The predicted octanol–water partition coefficient (Wildman–Crippen LogP) is 2.22. The zero-order chi connectivity index (χ0) is 17.7. The molecule has 22 heavy (non-hydrogen) atoms. The van der Waals surface area contributed by atoms with Crippen molar-refractivity contribution in [3.05, 3.63) is 11.6 Å². The van der Waals surface area contributed by atoms with Gasteiger partial charge in [-0.05, 0) is 25.3 Å². The summed E-state index contributed by atoms with van der Waals surface area (Å²) in [6, 6.07) is -0.449. The molecule has 0 fully saturated rings. The normalized spacial score (nSPS) is 15.5. The topological polar surface area (TPSA) is 58.6 Å². The van der Waals surface area contributed by atoms with Gasteiger partial charge in [-0.3, -0.25) is 4.79 Å². The lowest BCUT2D eigenvalue weighted by molar-refractivity contribution is -0.138. The zero-order valence-electron chi connectivity index (χ0n) is 15.5. The maximum Gasteiger partial charge on any atom is 0.333 e. The van der Waals surface area contributed by atoms with Crippen LogP contribution in [-0.2, 0) is 14.3 Å². The summed E-state index contributed by atoms with van der Waals surface area (Å²) >= 11 is 0. The van der Waals surface area contributed by atoms with Crippen LogP contribution < -0.4 is 5.32 Å². The number of ether oxygens (including phenoxy) is 1. The Labute approximate surface area is 135 Å². The number of amides is 1. The molecule has 0 aliphatic heterocycles. The first-order chi connectivity index (χ1) is 9.97. The molecule has 0 aromatic rings. The monoisotopic (exact) mass is 312 g/mol. The molecule has 0 aromatic heterocycles. The molecule has 2 atom stereocenters. The summed E-state index contributed by atoms with van der Waals surface area (Å²) in [5.74, 6) is -0.166. The third-order valence-electron chi connectivity index (χ3n) is 3.81. The Morgan fingerprint density at radius 1 is 1.23 bits per heavy atom. The molecule has 0 bridgehead atoms. The molecule has 0 rings (SSSR count). The Balaban J connectivity index is 5.44. The number of nitrogens with zero attached hydrogens (tertiary/aromatic N) is 1. The number of nitrogens with one attached hydrogen (secondary N) is 1. The van der Waals surface area contributed by atoms with E-state index in [0.29, 0.717) is 5.57 Å². The van der Waals surface area contributed by atoms with E-state index in [1.807, 2.05) is 40.7 Å². The number of rotatable bonds is 6. The molecule has 0 aromatic carbocycles. The van der Waals surface area contributed by atoms with Crippen LogP contribution >= 0.6 is 0 Å². The van der Waals surface area contributed by atoms with Crippen molar-refractivity contribution in [1.82, 2.24) is 10.2 Å². The lowest BCUT2D eigenvalue weighted by Crippen LogP contribution is -2.54. The molecular weight excluding hydrogens is 280 g/mol. The van der Waals surface area contributed by atoms with Crippen LogP contribution in [0.4, 0.5) is 0 Å². The minimum Gasteiger partial charge on any atom is -0.466 e. The standard InChI is InChI=1S/C17H32N2O3/c1-11(2)13(10-12(3)16(21)22-9)19(8)15(20)14(18-7)17(4,5)6/h10-11,13-14,18H,1-9H3/b12-10+/t13-,14-/m1/s1. The summed E-state index contributed by atoms with van der Waals surface area (Å²) in [5, 5.41) is 3.10. The Bertz CT molecular complexity index is 422. The van der Waals surface area contributed by atoms with E-state index in [0.717, 1.165) is 0 Å². The van der Waals surface area contributed by atoms with Crippen LogP contribution in [-0.4, -0.2) is 50.1 Å². The summed E-state index contributed by atoms with van der Waals surface area (Å²) in [6.45, 7) is 11.8. The molecule has 0 saturated heterocycles. The largest absolute Gasteiger partial charge is 0.466 e. The van der Waals surface area contributed by atoms with Gasteiger partial charge in [0.15, 0.2) is 0 Å². The maximum absolute atomic E-state index is 12.8. The van der Waals surface area contributed by atoms with Crippen LogP contribution in [0.5, 0.6) is 0 Å². The predicted molar refractivity (Wildman–Crippen MR) is 89.5 cm³/mol. The lowest BCUT2D eigenvalue weighted by atomic mass is 9.85. The number of methoxy groups -OCH3 is 1. The van der Waals surface area contributed by atoms with Crippen LogP contribution in [0.1, 0.15) is 41.5 Å². The van der Waals surface area contributed by atoms with Crippen molar-refractivity contribution in [3.63, 3.8) is 0 Å². The fourth-order valence-corrected chi connectivity index (χ4v) is 2.51. The van der Waals surface area contributed by atoms with Gasteiger partial charge in [-0.1, -0.05) is 40.7 Å². The SMILES string of the molecule is CN[C@H](C(=O)N(C)[C@H](/C=C(\C)C(=O)OC)C(C)C)C(C)(C)C. The Hall–Kier alpha value is -1.36. The summed E-state index contributed by atoms with van der Waals surface area (Å²) in [5.41, 5.74) is 0.320. The highest BCUT2D eigenvalue weighted by Crippen LogP contribution is 2.23. The fourth-order valence-electron chi connectivity index (χ4n) is 2.51. The number of likely N-dealkylation sites (N-methyl/N-ethyl adjacent to an activating group) is 2. The van der Waals surface area contributed by atoms with E-state index in [1.165, 1.54) is 7.11 Å². The maximum atomic E-state index is 12.8. The van der Waals surface area contributed by atoms with Crippen molar-refractivity contribution >= 4 is 11.9 Å². The van der Waals surface area contributed by atoms with E-state index in [1.54, 1.807) is 25.9 Å². The second-order valence-corrected chi connectivity index (χ2v) is 7.11. The van der Waals surface area contributed by atoms with E-state index < -0.39 is 0 Å². The summed E-state index contributed by atoms with van der Waals surface area (Å²) in [6.07, 6.45) is 1.81. The Morgan fingerprint density at radius 2 is 1.73 bits per heavy atom. The highest BCUT2D eigenvalue weighted by atomic mass is 16.5. The van der Waals surface area contributed by atoms with Gasteiger partial charge < -0.3 is 15.0 Å². The quantitative estimate of drug-likeness (QED) is 0.603. The molecule has 0 saturated carbocycles. The van der Waals surface area contributed by atoms with Crippen molar-refractivity contribution in [3.8, 4) is 0 Å². The minimum atomic E-state index is -0.368. The number of hydrogen-bond donors (Lipinski definition) is 1. The van der Waals surface area contributed by atoms with E-state index in [2.05, 4.69) is 5.32 Å². The second kappa shape index (κ2) is 8.32. The number of carbonyl (C=O) groups is 2. The summed E-state index contributed by atoms with van der Waals surface area (Å²) in [4.78, 5) is 26.1. The average Bonchev–Trinajstić information content (AvgIpc) is 2.41. The van der Waals surface area contributed by atoms with Gasteiger partial charge in [0.25, 0.3) is 0 Å². The van der Waals surface area contributed by atoms with Gasteiger partial charge in [-0.15, -0.1) is 0 Å². The number of carbonyl (C=O) groups excluding carboxylic acids is 2. The smallest absolute Gasteiger partial charge is 0.333 e. The van der Waals surface area contributed by atoms with Crippen molar-refractivity contribution < 1.29 is 14.3 Å². The summed E-state index contributed by atoms with van der Waals surface area (Å²) in [7, 11) is 4.93. The molecule has 5 heteroatoms. The van der Waals surface area contributed by atoms with E-state index >= 15 is 0 Å². The zero-order valence-corrected chi connectivity index (χ0v) is 15.5. The average molecular weight is 312 g/mol. The second-order valence-electron chi connectivity index (χ2n) is 7.11. The third-order valence-corrected chi connectivity index (χ3v) is 3.81. The first-order valence-electron chi connectivity index (χ1n) is 7.68. The van der Waals surface area contributed by atoms with Gasteiger partial charge in [0.2, 0.25) is 5.91 Å². The molecule has 1 amide bonds. The molecule has 0 spiro atoms. The van der Waals surface area contributed by atoms with Crippen LogP contribution in [0.2, 0.25) is 0 Å². The molecule has 5 nitrogen and oxygen atoms in total. The number of hydrogen-bond acceptors (Lipinski definition) is 4. The molecule has 128 valence electrons. The molecule has 1 N–H and O–H groups in total. The van der Waals surface area contributed by atoms with Gasteiger partial charge >= 0.3 is 5.97 Å². The van der Waals surface area contributed by atoms with E-state index in [9.17, 15) is 9.59 Å². The molecule has 0 aliphatic carbocycles. The third kappa shape index (κ3) is 5.44. The van der Waals surface area contributed by atoms with Crippen LogP contribution in [0.15, 0.2) is 11.6 Å². The molecule has 0 heterocycles. The van der Waals surface area contributed by atoms with Gasteiger partial charge in [-0.2, -0.15) is 0 Å². The molecule has 0 radical (unpaired) electrons. The fraction of sp³-hybridized carbons (Fsp3) is 0.765. The minimum absolute atomic E-state index is 0.0163. The van der Waals surface area contributed by atoms with Crippen molar-refractivity contribution in [2.24, 2.45) is 11.3 Å². The van der Waals surface area contributed by atoms with Gasteiger partial charge in [0.05, 0.1) is 19.2 Å². The van der Waals surface area contributed by atoms with Crippen molar-refractivity contribution in [2.75, 3.05) is 21.2 Å². The first kappa shape index (κ1) is 20.6. The Kier molecular flexibility index (Phi) is 7.81. The van der Waals surface area contributed by atoms with Gasteiger partial charge in [0.1, 0.15) is 0 Å². The van der Waals surface area contributed by atoms with Gasteiger partial charge in [-0.25, -0.2) is 4.79 Å². The number of esters is 1. The van der Waals surface area contributed by atoms with Crippen molar-refractivity contribution in [2.45, 2.75) is 53.6 Å². The van der Waals surface area contributed by atoms with Crippen LogP contribution in [0.3, 0.4) is 0 Å². The van der Waals surface area contributed by atoms with Crippen molar-refractivity contribution in [1.29, 1.82) is 0 Å². The molecular formula is C17H32N2O3. The molecule has 0 aliphatic rings. The highest BCUT2D eigenvalue weighted by Gasteiger charge is 2.34. The summed E-state index contributed by atoms with van der Waals surface area (Å²) < 4.78 is 4.73. The van der Waals surface area contributed by atoms with E-state index in [-0.39, 0.29) is 35.3 Å².